The number of halogens is 1. The molecule has 19 heavy (non-hydrogen) atoms. The van der Waals surface area contributed by atoms with Gasteiger partial charge in [-0.3, -0.25) is 0 Å². The molecule has 0 saturated heterocycles. The monoisotopic (exact) mass is 279 g/mol. The maximum Gasteiger partial charge on any atom is 0.137 e. The van der Waals surface area contributed by atoms with E-state index < -0.39 is 0 Å². The summed E-state index contributed by atoms with van der Waals surface area (Å²) in [6, 6.07) is 0. The molecular weight excluding hydrogens is 258 g/mol. The minimum Gasteiger partial charge on any atom is -0.369 e. The van der Waals surface area contributed by atoms with Gasteiger partial charge in [0, 0.05) is 18.0 Å². The zero-order valence-corrected chi connectivity index (χ0v) is 12.6. The number of nitrogens with zero attached hydrogens (tertiary/aromatic N) is 2. The summed E-state index contributed by atoms with van der Waals surface area (Å²) in [4.78, 5) is 9.09. The molecular formula is C15H22ClN3. The van der Waals surface area contributed by atoms with Crippen molar-refractivity contribution in [2.75, 3.05) is 11.9 Å². The Kier molecular flexibility index (Phi) is 3.42. The molecule has 3 rings (SSSR count). The van der Waals surface area contributed by atoms with E-state index in [2.05, 4.69) is 22.2 Å². The maximum atomic E-state index is 6.23. The first-order valence-electron chi connectivity index (χ1n) is 7.35. The van der Waals surface area contributed by atoms with E-state index in [1.807, 2.05) is 6.92 Å². The molecule has 2 aliphatic carbocycles. The molecule has 2 aliphatic rings. The molecule has 1 aromatic heterocycles. The van der Waals surface area contributed by atoms with Crippen LogP contribution in [0.5, 0.6) is 0 Å². The predicted molar refractivity (Wildman–Crippen MR) is 78.8 cm³/mol. The fourth-order valence-corrected chi connectivity index (χ4v) is 3.08. The summed E-state index contributed by atoms with van der Waals surface area (Å²) in [6.45, 7) is 5.36. The Morgan fingerprint density at radius 1 is 1.26 bits per heavy atom. The molecule has 3 nitrogen and oxygen atoms in total. The van der Waals surface area contributed by atoms with Crippen LogP contribution < -0.4 is 5.32 Å². The lowest BCUT2D eigenvalue weighted by Crippen LogP contribution is -2.24. The maximum absolute atomic E-state index is 6.23. The number of aromatic nitrogens is 2. The topological polar surface area (TPSA) is 37.8 Å². The summed E-state index contributed by atoms with van der Waals surface area (Å²) in [6.07, 6.45) is 7.75. The van der Waals surface area contributed by atoms with Gasteiger partial charge in [0.1, 0.15) is 16.8 Å². The normalized spacial score (nSPS) is 21.6. The van der Waals surface area contributed by atoms with Crippen molar-refractivity contribution in [2.45, 2.75) is 58.3 Å². The van der Waals surface area contributed by atoms with Crippen molar-refractivity contribution in [3.05, 3.63) is 16.5 Å². The summed E-state index contributed by atoms with van der Waals surface area (Å²) in [5, 5.41) is 4.13. The van der Waals surface area contributed by atoms with Crippen molar-refractivity contribution in [3.63, 3.8) is 0 Å². The van der Waals surface area contributed by atoms with Crippen LogP contribution in [0.3, 0.4) is 0 Å². The highest BCUT2D eigenvalue weighted by Gasteiger charge is 2.30. The minimum atomic E-state index is 0.420. The van der Waals surface area contributed by atoms with Crippen LogP contribution in [-0.4, -0.2) is 16.5 Å². The zero-order chi connectivity index (χ0) is 13.5. The number of hydrogen-bond donors (Lipinski definition) is 1. The van der Waals surface area contributed by atoms with Crippen molar-refractivity contribution < 1.29 is 0 Å². The third-order valence-corrected chi connectivity index (χ3v) is 4.91. The van der Waals surface area contributed by atoms with Crippen molar-refractivity contribution in [2.24, 2.45) is 5.41 Å². The Bertz CT molecular complexity index is 477. The van der Waals surface area contributed by atoms with Crippen molar-refractivity contribution >= 4 is 17.4 Å². The van der Waals surface area contributed by atoms with Crippen LogP contribution in [0.4, 0.5) is 5.82 Å². The van der Waals surface area contributed by atoms with E-state index in [0.717, 1.165) is 23.8 Å². The summed E-state index contributed by atoms with van der Waals surface area (Å²) >= 11 is 6.23. The molecule has 0 atom stereocenters. The van der Waals surface area contributed by atoms with E-state index in [4.69, 9.17) is 11.6 Å². The van der Waals surface area contributed by atoms with Crippen LogP contribution in [0.25, 0.3) is 0 Å². The largest absolute Gasteiger partial charge is 0.369 e. The standard InChI is InChI=1S/C15H22ClN3/c1-10-12(16)18-14(11-5-6-11)19-13(10)17-9-15(2)7-3-4-8-15/h11H,3-9H2,1-2H3,(H,17,18,19). The van der Waals surface area contributed by atoms with Crippen LogP contribution in [0.15, 0.2) is 0 Å². The van der Waals surface area contributed by atoms with Gasteiger partial charge in [0.05, 0.1) is 0 Å². The first-order chi connectivity index (χ1) is 9.07. The molecule has 2 fully saturated rings. The Morgan fingerprint density at radius 2 is 1.95 bits per heavy atom. The van der Waals surface area contributed by atoms with Crippen LogP contribution >= 0.6 is 11.6 Å². The second-order valence-corrected chi connectivity index (χ2v) is 6.85. The summed E-state index contributed by atoms with van der Waals surface area (Å²) in [7, 11) is 0. The van der Waals surface area contributed by atoms with Crippen molar-refractivity contribution in [1.82, 2.24) is 9.97 Å². The molecule has 0 amide bonds. The Balaban J connectivity index is 1.75. The molecule has 0 radical (unpaired) electrons. The average molecular weight is 280 g/mol. The van der Waals surface area contributed by atoms with Crippen LogP contribution in [0.2, 0.25) is 5.15 Å². The third kappa shape index (κ3) is 2.86. The number of nitrogens with one attached hydrogen (secondary N) is 1. The van der Waals surface area contributed by atoms with E-state index in [1.54, 1.807) is 0 Å². The summed E-state index contributed by atoms with van der Waals surface area (Å²) < 4.78 is 0. The van der Waals surface area contributed by atoms with Gasteiger partial charge in [0.25, 0.3) is 0 Å². The number of rotatable bonds is 4. The molecule has 0 aromatic carbocycles. The lowest BCUT2D eigenvalue weighted by atomic mass is 9.89. The molecule has 1 heterocycles. The first kappa shape index (κ1) is 13.2. The van der Waals surface area contributed by atoms with Gasteiger partial charge in [-0.1, -0.05) is 31.4 Å². The predicted octanol–water partition coefficient (Wildman–Crippen LogP) is 4.31. The molecule has 1 aromatic rings. The number of hydrogen-bond acceptors (Lipinski definition) is 3. The third-order valence-electron chi connectivity index (χ3n) is 4.54. The highest BCUT2D eigenvalue weighted by molar-refractivity contribution is 6.30. The average Bonchev–Trinajstić information content (AvgIpc) is 3.14. The van der Waals surface area contributed by atoms with Crippen LogP contribution in [0.1, 0.15) is 62.8 Å². The van der Waals surface area contributed by atoms with Crippen LogP contribution in [-0.2, 0) is 0 Å². The molecule has 0 spiro atoms. The molecule has 4 heteroatoms. The fraction of sp³-hybridized carbons (Fsp3) is 0.733. The van der Waals surface area contributed by atoms with Gasteiger partial charge >= 0.3 is 0 Å². The lowest BCUT2D eigenvalue weighted by Gasteiger charge is -2.24. The molecule has 0 unspecified atom stereocenters. The van der Waals surface area contributed by atoms with E-state index >= 15 is 0 Å². The second kappa shape index (κ2) is 4.93. The van der Waals surface area contributed by atoms with E-state index in [0.29, 0.717) is 16.5 Å². The molecule has 0 aliphatic heterocycles. The lowest BCUT2D eigenvalue weighted by molar-refractivity contribution is 0.361. The van der Waals surface area contributed by atoms with E-state index in [-0.39, 0.29) is 0 Å². The van der Waals surface area contributed by atoms with Gasteiger partial charge in [-0.15, -0.1) is 0 Å². The first-order valence-corrected chi connectivity index (χ1v) is 7.73. The highest BCUT2D eigenvalue weighted by Crippen LogP contribution is 2.40. The Hall–Kier alpha value is -0.830. The molecule has 0 bridgehead atoms. The van der Waals surface area contributed by atoms with E-state index in [9.17, 15) is 0 Å². The fourth-order valence-electron chi connectivity index (χ4n) is 2.90. The van der Waals surface area contributed by atoms with Gasteiger partial charge in [0.2, 0.25) is 0 Å². The van der Waals surface area contributed by atoms with Gasteiger partial charge in [-0.05, 0) is 38.0 Å². The van der Waals surface area contributed by atoms with Crippen molar-refractivity contribution in [3.8, 4) is 0 Å². The molecule has 104 valence electrons. The molecule has 2 saturated carbocycles. The highest BCUT2D eigenvalue weighted by atomic mass is 35.5. The Morgan fingerprint density at radius 3 is 2.58 bits per heavy atom. The van der Waals surface area contributed by atoms with Gasteiger partial charge in [0.15, 0.2) is 0 Å². The van der Waals surface area contributed by atoms with Crippen LogP contribution in [0, 0.1) is 12.3 Å². The second-order valence-electron chi connectivity index (χ2n) is 6.49. The van der Waals surface area contributed by atoms with Crippen molar-refractivity contribution in [1.29, 1.82) is 0 Å². The smallest absolute Gasteiger partial charge is 0.137 e. The van der Waals surface area contributed by atoms with Gasteiger partial charge in [-0.2, -0.15) is 0 Å². The Labute approximate surface area is 120 Å². The quantitative estimate of drug-likeness (QED) is 0.835. The summed E-state index contributed by atoms with van der Waals surface area (Å²) in [5.74, 6) is 2.41. The van der Waals surface area contributed by atoms with Gasteiger partial charge < -0.3 is 5.32 Å². The summed E-state index contributed by atoms with van der Waals surface area (Å²) in [5.41, 5.74) is 1.40. The zero-order valence-electron chi connectivity index (χ0n) is 11.8. The van der Waals surface area contributed by atoms with Gasteiger partial charge in [-0.25, -0.2) is 9.97 Å². The van der Waals surface area contributed by atoms with E-state index in [1.165, 1.54) is 38.5 Å². The minimum absolute atomic E-state index is 0.420. The molecule has 1 N–H and O–H groups in total. The SMILES string of the molecule is Cc1c(Cl)nc(C2CC2)nc1NCC1(C)CCCC1. The number of anilines is 1.